The lowest BCUT2D eigenvalue weighted by atomic mass is 10.2. The molecule has 1 aliphatic heterocycles. The number of hydrogen-bond acceptors (Lipinski definition) is 5. The quantitative estimate of drug-likeness (QED) is 0.314. The summed E-state index contributed by atoms with van der Waals surface area (Å²) in [4.78, 5) is 21.0. The lowest BCUT2D eigenvalue weighted by molar-refractivity contribution is -0.138. The van der Waals surface area contributed by atoms with Gasteiger partial charge in [-0.1, -0.05) is 20.1 Å². The van der Waals surface area contributed by atoms with Crippen LogP contribution in [0.4, 0.5) is 0 Å². The van der Waals surface area contributed by atoms with Crippen molar-refractivity contribution >= 4 is 11.9 Å². The summed E-state index contributed by atoms with van der Waals surface area (Å²) in [5.74, 6) is -0.544. The Bertz CT molecular complexity index is 305. The van der Waals surface area contributed by atoms with Crippen molar-refractivity contribution in [2.45, 2.75) is 32.3 Å². The van der Waals surface area contributed by atoms with Gasteiger partial charge in [0.05, 0.1) is 26.1 Å². The Balaban J connectivity index is 0.000000331. The van der Waals surface area contributed by atoms with E-state index in [2.05, 4.69) is 22.6 Å². The molecule has 5 nitrogen and oxygen atoms in total. The normalized spacial score (nSPS) is 15.8. The fourth-order valence-corrected chi connectivity index (χ4v) is 1.04. The highest BCUT2D eigenvalue weighted by molar-refractivity contribution is 5.87. The van der Waals surface area contributed by atoms with Gasteiger partial charge in [0, 0.05) is 18.4 Å². The maximum Gasteiger partial charge on any atom is 0.333 e. The van der Waals surface area contributed by atoms with E-state index >= 15 is 0 Å². The number of methoxy groups -OCH3 is 1. The standard InChI is InChI=1S/C7H10O3.C6H10O2/c1-5(7(8)9-2)3-6-4-10-6;1-3-5-6(7)8-4-2/h6H,1,3-4H2,2H3;4H,2-3,5H2,1H3. The molecule has 0 aromatic carbocycles. The highest BCUT2D eigenvalue weighted by atomic mass is 16.6. The molecule has 0 N–H and O–H groups in total. The fraction of sp³-hybridized carbons (Fsp3) is 0.538. The summed E-state index contributed by atoms with van der Waals surface area (Å²) >= 11 is 0. The summed E-state index contributed by atoms with van der Waals surface area (Å²) in [5.41, 5.74) is 0.491. The molecule has 1 aliphatic rings. The first-order valence-electron chi connectivity index (χ1n) is 5.73. The zero-order valence-corrected chi connectivity index (χ0v) is 10.9. The van der Waals surface area contributed by atoms with Crippen LogP contribution < -0.4 is 0 Å². The molecule has 1 fully saturated rings. The van der Waals surface area contributed by atoms with Crippen molar-refractivity contribution in [1.82, 2.24) is 0 Å². The predicted molar refractivity (Wildman–Crippen MR) is 66.7 cm³/mol. The van der Waals surface area contributed by atoms with Crippen molar-refractivity contribution in [3.63, 3.8) is 0 Å². The third-order valence-electron chi connectivity index (χ3n) is 2.02. The van der Waals surface area contributed by atoms with E-state index in [1.165, 1.54) is 7.11 Å². The number of rotatable bonds is 6. The van der Waals surface area contributed by atoms with E-state index in [1.807, 2.05) is 6.92 Å². The summed E-state index contributed by atoms with van der Waals surface area (Å²) in [6, 6.07) is 0. The Hall–Kier alpha value is -1.62. The molecular weight excluding hydrogens is 236 g/mol. The van der Waals surface area contributed by atoms with Crippen LogP contribution in [0.1, 0.15) is 26.2 Å². The monoisotopic (exact) mass is 256 g/mol. The lowest BCUT2D eigenvalue weighted by Gasteiger charge is -1.98. The summed E-state index contributed by atoms with van der Waals surface area (Å²) in [6.45, 7) is 9.46. The molecule has 0 aromatic rings. The molecule has 1 rings (SSSR count). The molecule has 0 aromatic heterocycles. The molecule has 5 heteroatoms. The van der Waals surface area contributed by atoms with E-state index in [4.69, 9.17) is 4.74 Å². The van der Waals surface area contributed by atoms with Crippen LogP contribution in [0.2, 0.25) is 0 Å². The molecule has 0 aliphatic carbocycles. The van der Waals surface area contributed by atoms with Crippen LogP contribution in [0, 0.1) is 0 Å². The maximum atomic E-state index is 10.7. The Kier molecular flexibility index (Phi) is 8.57. The Morgan fingerprint density at radius 1 is 1.50 bits per heavy atom. The van der Waals surface area contributed by atoms with Crippen molar-refractivity contribution in [2.24, 2.45) is 0 Å². The molecule has 0 spiro atoms. The number of epoxide rings is 1. The SMILES string of the molecule is C=C(CC1CO1)C(=O)OC.C=COC(=O)CCC. The van der Waals surface area contributed by atoms with Crippen LogP contribution in [-0.4, -0.2) is 31.8 Å². The van der Waals surface area contributed by atoms with E-state index in [-0.39, 0.29) is 18.0 Å². The molecule has 0 amide bonds. The van der Waals surface area contributed by atoms with Crippen LogP contribution in [0.3, 0.4) is 0 Å². The topological polar surface area (TPSA) is 65.1 Å². The number of ether oxygens (including phenoxy) is 3. The fourth-order valence-electron chi connectivity index (χ4n) is 1.04. The zero-order valence-electron chi connectivity index (χ0n) is 10.9. The van der Waals surface area contributed by atoms with Crippen molar-refractivity contribution in [1.29, 1.82) is 0 Å². The highest BCUT2D eigenvalue weighted by Gasteiger charge is 2.25. The van der Waals surface area contributed by atoms with Gasteiger partial charge in [0.2, 0.25) is 0 Å². The molecule has 0 radical (unpaired) electrons. The van der Waals surface area contributed by atoms with Gasteiger partial charge in [-0.15, -0.1) is 0 Å². The minimum atomic E-state index is -0.337. The highest BCUT2D eigenvalue weighted by Crippen LogP contribution is 2.18. The Morgan fingerprint density at radius 3 is 2.50 bits per heavy atom. The van der Waals surface area contributed by atoms with Gasteiger partial charge in [-0.3, -0.25) is 4.79 Å². The van der Waals surface area contributed by atoms with E-state index < -0.39 is 0 Å². The van der Waals surface area contributed by atoms with Gasteiger partial charge >= 0.3 is 11.9 Å². The number of hydrogen-bond donors (Lipinski definition) is 0. The molecule has 1 saturated heterocycles. The molecule has 102 valence electrons. The summed E-state index contributed by atoms with van der Waals surface area (Å²) < 4.78 is 13.8. The summed E-state index contributed by atoms with van der Waals surface area (Å²) in [6.07, 6.45) is 3.27. The third-order valence-corrected chi connectivity index (χ3v) is 2.02. The maximum absolute atomic E-state index is 10.7. The van der Waals surface area contributed by atoms with Crippen molar-refractivity contribution in [3.05, 3.63) is 25.0 Å². The largest absolute Gasteiger partial charge is 0.466 e. The lowest BCUT2D eigenvalue weighted by Crippen LogP contribution is -2.05. The first kappa shape index (κ1) is 16.4. The molecule has 0 saturated carbocycles. The average molecular weight is 256 g/mol. The molecule has 1 unspecified atom stereocenters. The number of esters is 2. The smallest absolute Gasteiger partial charge is 0.333 e. The zero-order chi connectivity index (χ0) is 14.0. The Labute approximate surface area is 107 Å². The average Bonchev–Trinajstić information content (AvgIpc) is 3.13. The molecule has 1 heterocycles. The minimum absolute atomic E-state index is 0.206. The Morgan fingerprint density at radius 2 is 2.11 bits per heavy atom. The van der Waals surface area contributed by atoms with E-state index in [1.54, 1.807) is 0 Å². The first-order chi connectivity index (χ1) is 8.54. The van der Waals surface area contributed by atoms with Crippen LogP contribution in [-0.2, 0) is 23.8 Å². The number of carbonyl (C=O) groups excluding carboxylic acids is 2. The molecule has 18 heavy (non-hydrogen) atoms. The molecule has 1 atom stereocenters. The molecular formula is C13H20O5. The second-order valence-electron chi connectivity index (χ2n) is 3.66. The second-order valence-corrected chi connectivity index (χ2v) is 3.66. The van der Waals surface area contributed by atoms with Crippen molar-refractivity contribution in [2.75, 3.05) is 13.7 Å². The van der Waals surface area contributed by atoms with Crippen LogP contribution in [0.25, 0.3) is 0 Å². The van der Waals surface area contributed by atoms with Gasteiger partial charge in [0.15, 0.2) is 0 Å². The van der Waals surface area contributed by atoms with Gasteiger partial charge in [-0.2, -0.15) is 0 Å². The van der Waals surface area contributed by atoms with Crippen LogP contribution in [0.5, 0.6) is 0 Å². The minimum Gasteiger partial charge on any atom is -0.466 e. The first-order valence-corrected chi connectivity index (χ1v) is 5.73. The number of carbonyl (C=O) groups is 2. The third kappa shape index (κ3) is 8.52. The van der Waals surface area contributed by atoms with Gasteiger partial charge in [0.25, 0.3) is 0 Å². The van der Waals surface area contributed by atoms with Gasteiger partial charge in [0.1, 0.15) is 0 Å². The van der Waals surface area contributed by atoms with Gasteiger partial charge < -0.3 is 14.2 Å². The van der Waals surface area contributed by atoms with E-state index in [0.717, 1.165) is 19.3 Å². The van der Waals surface area contributed by atoms with Crippen molar-refractivity contribution in [3.8, 4) is 0 Å². The van der Waals surface area contributed by atoms with E-state index in [9.17, 15) is 9.59 Å². The van der Waals surface area contributed by atoms with Gasteiger partial charge in [-0.25, -0.2) is 4.79 Å². The van der Waals surface area contributed by atoms with Crippen molar-refractivity contribution < 1.29 is 23.8 Å². The summed E-state index contributed by atoms with van der Waals surface area (Å²) in [7, 11) is 1.35. The summed E-state index contributed by atoms with van der Waals surface area (Å²) in [5, 5.41) is 0. The predicted octanol–water partition coefficient (Wildman–Crippen LogP) is 1.98. The van der Waals surface area contributed by atoms with Gasteiger partial charge in [-0.05, 0) is 6.42 Å². The molecule has 0 bridgehead atoms. The van der Waals surface area contributed by atoms with Crippen LogP contribution >= 0.6 is 0 Å². The van der Waals surface area contributed by atoms with Crippen LogP contribution in [0.15, 0.2) is 25.0 Å². The second kappa shape index (κ2) is 9.41. The van der Waals surface area contributed by atoms with E-state index in [0.29, 0.717) is 18.4 Å².